The molecular weight excluding hydrogens is 459 g/mol. The number of aromatic nitrogens is 2. The quantitative estimate of drug-likeness (QED) is 0.471. The summed E-state index contributed by atoms with van der Waals surface area (Å²) in [5, 5.41) is 8.42. The summed E-state index contributed by atoms with van der Waals surface area (Å²) in [6, 6.07) is 12.3. The first-order chi connectivity index (χ1) is 14.9. The number of rotatable bonds is 8. The molecule has 31 heavy (non-hydrogen) atoms. The molecule has 0 saturated heterocycles. The zero-order valence-electron chi connectivity index (χ0n) is 16.8. The van der Waals surface area contributed by atoms with Gasteiger partial charge in [-0.25, -0.2) is 0 Å². The summed E-state index contributed by atoms with van der Waals surface area (Å²) in [5.41, 5.74) is 1.74. The maximum atomic E-state index is 13.0. The third-order valence-electron chi connectivity index (χ3n) is 4.49. The highest BCUT2D eigenvalue weighted by Crippen LogP contribution is 2.25. The lowest BCUT2D eigenvalue weighted by Crippen LogP contribution is -2.38. The van der Waals surface area contributed by atoms with Gasteiger partial charge in [0.05, 0.1) is 29.0 Å². The van der Waals surface area contributed by atoms with Crippen LogP contribution in [0.25, 0.3) is 0 Å². The molecule has 3 aromatic rings. The second kappa shape index (κ2) is 10.7. The van der Waals surface area contributed by atoms with Crippen LogP contribution in [0.15, 0.2) is 54.9 Å². The van der Waals surface area contributed by atoms with Gasteiger partial charge in [0.1, 0.15) is 6.54 Å². The van der Waals surface area contributed by atoms with E-state index in [1.54, 1.807) is 35.1 Å². The van der Waals surface area contributed by atoms with Gasteiger partial charge in [-0.1, -0.05) is 59.9 Å². The maximum absolute atomic E-state index is 13.0. The number of nitrogens with one attached hydrogen (secondary N) is 1. The van der Waals surface area contributed by atoms with Crippen molar-refractivity contribution in [1.82, 2.24) is 14.7 Å². The molecule has 0 saturated carbocycles. The Morgan fingerprint density at radius 3 is 2.58 bits per heavy atom. The molecule has 0 unspecified atom stereocenters. The van der Waals surface area contributed by atoms with Crippen LogP contribution in [0, 0.1) is 0 Å². The van der Waals surface area contributed by atoms with E-state index < -0.39 is 0 Å². The van der Waals surface area contributed by atoms with E-state index in [4.69, 9.17) is 34.8 Å². The van der Waals surface area contributed by atoms with Gasteiger partial charge in [0.15, 0.2) is 0 Å². The van der Waals surface area contributed by atoms with E-state index in [0.29, 0.717) is 45.8 Å². The van der Waals surface area contributed by atoms with Crippen molar-refractivity contribution in [2.24, 2.45) is 0 Å². The second-order valence-electron chi connectivity index (χ2n) is 6.92. The van der Waals surface area contributed by atoms with Gasteiger partial charge in [-0.15, -0.1) is 0 Å². The molecule has 0 aliphatic rings. The van der Waals surface area contributed by atoms with Crippen LogP contribution in [0.4, 0.5) is 5.69 Å². The first-order valence-electron chi connectivity index (χ1n) is 9.67. The molecule has 1 aromatic heterocycles. The Kier molecular flexibility index (Phi) is 7.96. The zero-order chi connectivity index (χ0) is 22.4. The highest BCUT2D eigenvalue weighted by molar-refractivity contribution is 6.36. The van der Waals surface area contributed by atoms with Gasteiger partial charge in [-0.05, 0) is 36.2 Å². The first-order valence-corrected chi connectivity index (χ1v) is 10.8. The number of anilines is 1. The van der Waals surface area contributed by atoms with Crippen molar-refractivity contribution in [3.05, 3.63) is 81.1 Å². The first kappa shape index (κ1) is 23.1. The molecule has 1 N–H and O–H groups in total. The molecule has 0 bridgehead atoms. The summed E-state index contributed by atoms with van der Waals surface area (Å²) in [5.74, 6) is -0.626. The lowest BCUT2D eigenvalue weighted by Gasteiger charge is -2.21. The Morgan fingerprint density at radius 1 is 1.10 bits per heavy atom. The van der Waals surface area contributed by atoms with E-state index in [2.05, 4.69) is 10.4 Å². The van der Waals surface area contributed by atoms with Gasteiger partial charge in [0.25, 0.3) is 5.91 Å². The molecule has 2 aromatic carbocycles. The van der Waals surface area contributed by atoms with E-state index >= 15 is 0 Å². The minimum atomic E-state index is -0.352. The van der Waals surface area contributed by atoms with Crippen LogP contribution in [0.1, 0.15) is 29.3 Å². The van der Waals surface area contributed by atoms with E-state index in [1.165, 1.54) is 11.1 Å². The van der Waals surface area contributed by atoms with Crippen LogP contribution in [0.2, 0.25) is 15.1 Å². The van der Waals surface area contributed by atoms with Crippen LogP contribution in [-0.4, -0.2) is 39.6 Å². The number of benzene rings is 2. The smallest absolute Gasteiger partial charge is 0.257 e. The lowest BCUT2D eigenvalue weighted by molar-refractivity contribution is -0.116. The van der Waals surface area contributed by atoms with Crippen LogP contribution in [0.3, 0.4) is 0 Å². The van der Waals surface area contributed by atoms with Crippen molar-refractivity contribution in [1.29, 1.82) is 0 Å². The topological polar surface area (TPSA) is 67.2 Å². The summed E-state index contributed by atoms with van der Waals surface area (Å²) < 4.78 is 1.64. The molecular formula is C22H21Cl3N4O2. The summed E-state index contributed by atoms with van der Waals surface area (Å²) in [7, 11) is 0. The van der Waals surface area contributed by atoms with Gasteiger partial charge >= 0.3 is 0 Å². The predicted molar refractivity (Wildman–Crippen MR) is 124 cm³/mol. The summed E-state index contributed by atoms with van der Waals surface area (Å²) in [6.45, 7) is 2.70. The number of hydrogen-bond acceptors (Lipinski definition) is 3. The Bertz CT molecular complexity index is 1080. The molecule has 0 atom stereocenters. The fraction of sp³-hybridized carbons (Fsp3) is 0.227. The van der Waals surface area contributed by atoms with Crippen LogP contribution >= 0.6 is 34.8 Å². The predicted octanol–water partition coefficient (Wildman–Crippen LogP) is 5.38. The normalized spacial score (nSPS) is 10.7. The largest absolute Gasteiger partial charge is 0.329 e. The van der Waals surface area contributed by atoms with Crippen LogP contribution in [-0.2, 0) is 11.3 Å². The second-order valence-corrected chi connectivity index (χ2v) is 8.17. The molecule has 0 spiro atoms. The van der Waals surface area contributed by atoms with Gasteiger partial charge < -0.3 is 10.2 Å². The van der Waals surface area contributed by atoms with Crippen molar-refractivity contribution >= 4 is 52.3 Å². The fourth-order valence-electron chi connectivity index (χ4n) is 3.02. The Hall–Kier alpha value is -2.54. The molecule has 0 fully saturated rings. The van der Waals surface area contributed by atoms with Crippen LogP contribution in [0.5, 0.6) is 0 Å². The molecule has 0 aliphatic carbocycles. The number of halogens is 3. The lowest BCUT2D eigenvalue weighted by atomic mass is 10.2. The minimum absolute atomic E-state index is 0.110. The average Bonchev–Trinajstić information content (AvgIpc) is 3.19. The number of nitrogens with zero attached hydrogens (tertiary/aromatic N) is 3. The average molecular weight is 480 g/mol. The SMILES string of the molecule is CCCN(CC(=O)Nc1ccc(Cl)cc1Cl)C(=O)c1cnn(Cc2ccccc2Cl)c1. The van der Waals surface area contributed by atoms with Gasteiger partial charge in [0, 0.05) is 22.8 Å². The Labute approximate surface area is 195 Å². The number of carbonyl (C=O) groups is 2. The van der Waals surface area contributed by atoms with Crippen molar-refractivity contribution in [2.45, 2.75) is 19.9 Å². The maximum Gasteiger partial charge on any atom is 0.257 e. The molecule has 3 rings (SSSR count). The molecule has 9 heteroatoms. The summed E-state index contributed by atoms with van der Waals surface area (Å²) >= 11 is 18.2. The molecule has 1 heterocycles. The van der Waals surface area contributed by atoms with E-state index in [0.717, 1.165) is 5.56 Å². The van der Waals surface area contributed by atoms with Gasteiger partial charge in [-0.2, -0.15) is 5.10 Å². The van der Waals surface area contributed by atoms with Crippen molar-refractivity contribution in [2.75, 3.05) is 18.4 Å². The van der Waals surface area contributed by atoms with E-state index in [9.17, 15) is 9.59 Å². The van der Waals surface area contributed by atoms with Crippen LogP contribution < -0.4 is 5.32 Å². The number of carbonyl (C=O) groups excluding carboxylic acids is 2. The monoisotopic (exact) mass is 478 g/mol. The molecule has 162 valence electrons. The molecule has 0 radical (unpaired) electrons. The van der Waals surface area contributed by atoms with E-state index in [1.807, 2.05) is 25.1 Å². The third kappa shape index (κ3) is 6.23. The zero-order valence-corrected chi connectivity index (χ0v) is 19.1. The summed E-state index contributed by atoms with van der Waals surface area (Å²) in [6.07, 6.45) is 3.85. The molecule has 0 aliphatic heterocycles. The minimum Gasteiger partial charge on any atom is -0.329 e. The third-order valence-corrected chi connectivity index (χ3v) is 5.41. The summed E-state index contributed by atoms with van der Waals surface area (Å²) in [4.78, 5) is 27.0. The van der Waals surface area contributed by atoms with Crippen molar-refractivity contribution in [3.8, 4) is 0 Å². The number of amides is 2. The molecule has 2 amide bonds. The Balaban J connectivity index is 1.68. The highest BCUT2D eigenvalue weighted by Gasteiger charge is 2.20. The fourth-order valence-corrected chi connectivity index (χ4v) is 3.67. The van der Waals surface area contributed by atoms with Gasteiger partial charge in [0.2, 0.25) is 5.91 Å². The molecule has 6 nitrogen and oxygen atoms in total. The van der Waals surface area contributed by atoms with Crippen molar-refractivity contribution < 1.29 is 9.59 Å². The standard InChI is InChI=1S/C22H21Cl3N4O2/c1-2-9-28(14-21(30)27-20-8-7-17(23)10-19(20)25)22(31)16-11-26-29(13-16)12-15-5-3-4-6-18(15)24/h3-8,10-11,13H,2,9,12,14H2,1H3,(H,27,30). The Morgan fingerprint density at radius 2 is 1.87 bits per heavy atom. The highest BCUT2D eigenvalue weighted by atomic mass is 35.5. The van der Waals surface area contributed by atoms with E-state index in [-0.39, 0.29) is 18.4 Å². The van der Waals surface area contributed by atoms with Gasteiger partial charge in [-0.3, -0.25) is 14.3 Å². The number of hydrogen-bond donors (Lipinski definition) is 1. The van der Waals surface area contributed by atoms with Crippen molar-refractivity contribution in [3.63, 3.8) is 0 Å².